The smallest absolute Gasteiger partial charge is 0.291 e. The first-order valence-corrected chi connectivity index (χ1v) is 6.64. The third-order valence-electron chi connectivity index (χ3n) is 4.17. The number of piperidine rings is 1. The van der Waals surface area contributed by atoms with Gasteiger partial charge in [0.15, 0.2) is 6.39 Å². The lowest BCUT2D eigenvalue weighted by atomic mass is 9.86. The van der Waals surface area contributed by atoms with Crippen LogP contribution in [0.25, 0.3) is 0 Å². The lowest BCUT2D eigenvalue weighted by Gasteiger charge is -2.42. The molecule has 2 aliphatic rings. The van der Waals surface area contributed by atoms with Crippen LogP contribution in [0.3, 0.4) is 0 Å². The van der Waals surface area contributed by atoms with E-state index in [-0.39, 0.29) is 11.7 Å². The van der Waals surface area contributed by atoms with E-state index < -0.39 is 11.7 Å². The van der Waals surface area contributed by atoms with E-state index in [0.717, 1.165) is 12.8 Å². The number of oxazole rings is 1. The molecule has 2 aliphatic heterocycles. The van der Waals surface area contributed by atoms with Crippen molar-refractivity contribution >= 4 is 5.91 Å². The van der Waals surface area contributed by atoms with E-state index in [1.807, 2.05) is 0 Å². The summed E-state index contributed by atoms with van der Waals surface area (Å²) in [7, 11) is 0. The molecule has 6 heteroatoms. The van der Waals surface area contributed by atoms with Gasteiger partial charge >= 0.3 is 0 Å². The SMILES string of the molecule is Cc1ncoc1C(=O)N1CC[C@@]2(CCCO2)[C@@H](O)C1. The highest BCUT2D eigenvalue weighted by Gasteiger charge is 2.46. The van der Waals surface area contributed by atoms with Crippen LogP contribution in [0.2, 0.25) is 0 Å². The number of β-amino-alcohol motifs (C(OH)–C–C–N with tert-alkyl or cyclic N) is 1. The molecule has 3 rings (SSSR count). The van der Waals surface area contributed by atoms with E-state index >= 15 is 0 Å². The Morgan fingerprint density at radius 3 is 3.00 bits per heavy atom. The molecule has 19 heavy (non-hydrogen) atoms. The fourth-order valence-electron chi connectivity index (χ4n) is 2.97. The van der Waals surface area contributed by atoms with E-state index in [4.69, 9.17) is 9.15 Å². The number of likely N-dealkylation sites (tertiary alicyclic amines) is 1. The van der Waals surface area contributed by atoms with Gasteiger partial charge in [-0.2, -0.15) is 0 Å². The Labute approximate surface area is 111 Å². The largest absolute Gasteiger partial charge is 0.438 e. The van der Waals surface area contributed by atoms with Crippen molar-refractivity contribution in [2.45, 2.75) is 37.9 Å². The summed E-state index contributed by atoms with van der Waals surface area (Å²) >= 11 is 0. The maximum atomic E-state index is 12.3. The van der Waals surface area contributed by atoms with Gasteiger partial charge in [0, 0.05) is 19.7 Å². The summed E-state index contributed by atoms with van der Waals surface area (Å²) in [6, 6.07) is 0. The molecule has 1 N–H and O–H groups in total. The fourth-order valence-corrected chi connectivity index (χ4v) is 2.97. The van der Waals surface area contributed by atoms with Gasteiger partial charge in [0.05, 0.1) is 11.3 Å². The van der Waals surface area contributed by atoms with Gasteiger partial charge in [-0.1, -0.05) is 0 Å². The predicted molar refractivity (Wildman–Crippen MR) is 65.7 cm³/mol. The van der Waals surface area contributed by atoms with Crippen molar-refractivity contribution in [3.8, 4) is 0 Å². The molecule has 0 bridgehead atoms. The van der Waals surface area contributed by atoms with Crippen molar-refractivity contribution in [1.29, 1.82) is 0 Å². The van der Waals surface area contributed by atoms with Crippen LogP contribution in [-0.2, 0) is 4.74 Å². The van der Waals surface area contributed by atoms with Crippen molar-refractivity contribution in [2.75, 3.05) is 19.7 Å². The summed E-state index contributed by atoms with van der Waals surface area (Å²) < 4.78 is 10.8. The number of aliphatic hydroxyl groups is 1. The van der Waals surface area contributed by atoms with E-state index in [1.54, 1.807) is 11.8 Å². The lowest BCUT2D eigenvalue weighted by Crippen LogP contribution is -2.56. The van der Waals surface area contributed by atoms with E-state index in [9.17, 15) is 9.90 Å². The fraction of sp³-hybridized carbons (Fsp3) is 0.692. The first-order chi connectivity index (χ1) is 9.12. The summed E-state index contributed by atoms with van der Waals surface area (Å²) in [6.07, 6.45) is 3.16. The summed E-state index contributed by atoms with van der Waals surface area (Å²) in [5.41, 5.74) is 0.143. The summed E-state index contributed by atoms with van der Waals surface area (Å²) in [6.45, 7) is 3.31. The number of aromatic nitrogens is 1. The van der Waals surface area contributed by atoms with Crippen LogP contribution in [0.15, 0.2) is 10.8 Å². The van der Waals surface area contributed by atoms with Gasteiger partial charge in [0.1, 0.15) is 6.10 Å². The van der Waals surface area contributed by atoms with E-state index in [2.05, 4.69) is 4.98 Å². The third-order valence-corrected chi connectivity index (χ3v) is 4.17. The number of nitrogens with zero attached hydrogens (tertiary/aromatic N) is 2. The molecule has 3 heterocycles. The molecule has 0 aliphatic carbocycles. The molecular formula is C13H18N2O4. The van der Waals surface area contributed by atoms with Gasteiger partial charge in [-0.3, -0.25) is 4.79 Å². The number of carbonyl (C=O) groups is 1. The molecule has 6 nitrogen and oxygen atoms in total. The number of hydrogen-bond acceptors (Lipinski definition) is 5. The zero-order valence-electron chi connectivity index (χ0n) is 11.0. The Morgan fingerprint density at radius 2 is 2.42 bits per heavy atom. The first-order valence-electron chi connectivity index (χ1n) is 6.64. The van der Waals surface area contributed by atoms with Gasteiger partial charge < -0.3 is 19.2 Å². The van der Waals surface area contributed by atoms with Crippen LogP contribution in [0.4, 0.5) is 0 Å². The molecular weight excluding hydrogens is 248 g/mol. The van der Waals surface area contributed by atoms with Crippen molar-refractivity contribution in [1.82, 2.24) is 9.88 Å². The van der Waals surface area contributed by atoms with Crippen LogP contribution in [-0.4, -0.2) is 52.3 Å². The number of hydrogen-bond donors (Lipinski definition) is 1. The van der Waals surface area contributed by atoms with E-state index in [0.29, 0.717) is 31.8 Å². The second kappa shape index (κ2) is 4.61. The Balaban J connectivity index is 1.72. The number of aryl methyl sites for hydroxylation is 1. The van der Waals surface area contributed by atoms with Gasteiger partial charge in [-0.05, 0) is 26.2 Å². The number of ether oxygens (including phenoxy) is 1. The minimum Gasteiger partial charge on any atom is -0.438 e. The molecule has 0 radical (unpaired) electrons. The molecule has 0 unspecified atom stereocenters. The number of amides is 1. The molecule has 2 fully saturated rings. The topological polar surface area (TPSA) is 75.8 Å². The minimum absolute atomic E-state index is 0.207. The van der Waals surface area contributed by atoms with Crippen molar-refractivity contribution in [2.24, 2.45) is 0 Å². The second-order valence-corrected chi connectivity index (χ2v) is 5.30. The second-order valence-electron chi connectivity index (χ2n) is 5.30. The Bertz CT molecular complexity index is 479. The maximum Gasteiger partial charge on any atom is 0.291 e. The molecule has 2 saturated heterocycles. The Hall–Kier alpha value is -1.40. The Kier molecular flexibility index (Phi) is 3.06. The van der Waals surface area contributed by atoms with Crippen LogP contribution in [0.1, 0.15) is 35.5 Å². The van der Waals surface area contributed by atoms with Gasteiger partial charge in [-0.15, -0.1) is 0 Å². The standard InChI is InChI=1S/C13H18N2O4/c1-9-11(18-8-14-9)12(17)15-5-4-13(10(16)7-15)3-2-6-19-13/h8,10,16H,2-7H2,1H3/t10-,13-/m0/s1. The van der Waals surface area contributed by atoms with Crippen molar-refractivity contribution < 1.29 is 19.1 Å². The molecule has 2 atom stereocenters. The van der Waals surface area contributed by atoms with Crippen LogP contribution >= 0.6 is 0 Å². The van der Waals surface area contributed by atoms with Crippen LogP contribution in [0, 0.1) is 6.92 Å². The maximum absolute atomic E-state index is 12.3. The van der Waals surface area contributed by atoms with Gasteiger partial charge in [0.25, 0.3) is 5.91 Å². The van der Waals surface area contributed by atoms with Gasteiger partial charge in [0.2, 0.25) is 5.76 Å². The molecule has 1 amide bonds. The van der Waals surface area contributed by atoms with Crippen LogP contribution < -0.4 is 0 Å². The monoisotopic (exact) mass is 266 g/mol. The summed E-state index contributed by atoms with van der Waals surface area (Å²) in [4.78, 5) is 17.8. The Morgan fingerprint density at radius 1 is 1.58 bits per heavy atom. The quantitative estimate of drug-likeness (QED) is 0.811. The summed E-state index contributed by atoms with van der Waals surface area (Å²) in [5, 5.41) is 10.3. The number of rotatable bonds is 1. The minimum atomic E-state index is -0.629. The molecule has 0 saturated carbocycles. The average molecular weight is 266 g/mol. The average Bonchev–Trinajstić information content (AvgIpc) is 3.02. The molecule has 104 valence electrons. The number of carbonyl (C=O) groups excluding carboxylic acids is 1. The van der Waals surface area contributed by atoms with Crippen molar-refractivity contribution in [3.05, 3.63) is 17.8 Å². The molecule has 0 aromatic carbocycles. The predicted octanol–water partition coefficient (Wildman–Crippen LogP) is 0.739. The first kappa shape index (κ1) is 12.6. The highest BCUT2D eigenvalue weighted by Crippen LogP contribution is 2.36. The zero-order valence-corrected chi connectivity index (χ0v) is 11.0. The zero-order chi connectivity index (χ0) is 13.5. The van der Waals surface area contributed by atoms with E-state index in [1.165, 1.54) is 6.39 Å². The van der Waals surface area contributed by atoms with Gasteiger partial charge in [-0.25, -0.2) is 4.98 Å². The van der Waals surface area contributed by atoms with Crippen molar-refractivity contribution in [3.63, 3.8) is 0 Å². The number of aliphatic hydroxyl groups excluding tert-OH is 1. The molecule has 1 aromatic heterocycles. The highest BCUT2D eigenvalue weighted by atomic mass is 16.5. The molecule has 1 aromatic rings. The third kappa shape index (κ3) is 2.04. The summed E-state index contributed by atoms with van der Waals surface area (Å²) in [5.74, 6) is 0.0531. The van der Waals surface area contributed by atoms with Crippen LogP contribution in [0.5, 0.6) is 0 Å². The molecule has 1 spiro atoms. The normalized spacial score (nSPS) is 31.1. The highest BCUT2D eigenvalue weighted by molar-refractivity contribution is 5.92. The lowest BCUT2D eigenvalue weighted by molar-refractivity contribution is -0.123.